The van der Waals surface area contributed by atoms with Crippen molar-refractivity contribution in [1.82, 2.24) is 0 Å². The number of anilines is 1. The van der Waals surface area contributed by atoms with E-state index in [0.717, 1.165) is 31.6 Å². The van der Waals surface area contributed by atoms with Gasteiger partial charge in [-0.3, -0.25) is 0 Å². The minimum absolute atomic E-state index is 0.0829. The van der Waals surface area contributed by atoms with E-state index in [1.54, 1.807) is 36.4 Å². The Kier molecular flexibility index (Phi) is 3.62. The van der Waals surface area contributed by atoms with Crippen LogP contribution in [0.4, 0.5) is 5.69 Å². The monoisotopic (exact) mass is 332 g/mol. The molecular formula is C19H16N4O2. The zero-order chi connectivity index (χ0) is 17.4. The molecule has 1 aliphatic rings. The van der Waals surface area contributed by atoms with E-state index in [1.807, 2.05) is 18.2 Å². The Morgan fingerprint density at radius 1 is 0.920 bits per heavy atom. The van der Waals surface area contributed by atoms with Crippen molar-refractivity contribution in [2.75, 3.05) is 18.0 Å². The quantitative estimate of drug-likeness (QED) is 0.532. The molecule has 4 rings (SSSR count). The summed E-state index contributed by atoms with van der Waals surface area (Å²) < 4.78 is 1.26. The van der Waals surface area contributed by atoms with Gasteiger partial charge < -0.3 is 15.3 Å². The molecule has 2 heterocycles. The Bertz CT molecular complexity index is 990. The lowest BCUT2D eigenvalue weighted by atomic mass is 10.1. The first kappa shape index (κ1) is 15.2. The molecule has 124 valence electrons. The molecule has 6 heteroatoms. The average molecular weight is 332 g/mol. The van der Waals surface area contributed by atoms with E-state index in [-0.39, 0.29) is 22.4 Å². The van der Waals surface area contributed by atoms with Gasteiger partial charge in [0.05, 0.1) is 5.56 Å². The second-order valence-electron chi connectivity index (χ2n) is 6.13. The van der Waals surface area contributed by atoms with E-state index in [0.29, 0.717) is 15.0 Å². The van der Waals surface area contributed by atoms with Gasteiger partial charge in [-0.25, -0.2) is 0 Å². The predicted octanol–water partition coefficient (Wildman–Crippen LogP) is 2.25. The number of aromatic nitrogens is 2. The van der Waals surface area contributed by atoms with Gasteiger partial charge in [-0.15, -0.1) is 4.73 Å². The molecule has 25 heavy (non-hydrogen) atoms. The Morgan fingerprint density at radius 2 is 1.64 bits per heavy atom. The number of benzene rings is 2. The molecule has 1 aliphatic heterocycles. The highest BCUT2D eigenvalue weighted by molar-refractivity contribution is 5.76. The molecule has 1 aromatic heterocycles. The van der Waals surface area contributed by atoms with Crippen LogP contribution in [-0.2, 0) is 0 Å². The van der Waals surface area contributed by atoms with Crippen LogP contribution in [0.1, 0.15) is 18.5 Å². The largest absolute Gasteiger partial charge is 0.617 e. The molecule has 0 amide bonds. The van der Waals surface area contributed by atoms with Crippen molar-refractivity contribution in [2.45, 2.75) is 12.8 Å². The number of fused-ring (bicyclic) bond motifs is 1. The second-order valence-corrected chi connectivity index (χ2v) is 6.13. The molecule has 0 spiro atoms. The first-order valence-electron chi connectivity index (χ1n) is 8.24. The number of hydrogen-bond donors (Lipinski definition) is 0. The van der Waals surface area contributed by atoms with Crippen LogP contribution in [-0.4, -0.2) is 13.1 Å². The molecule has 1 fully saturated rings. The van der Waals surface area contributed by atoms with E-state index < -0.39 is 0 Å². The normalized spacial score (nSPS) is 14.0. The highest BCUT2D eigenvalue weighted by Crippen LogP contribution is 2.25. The summed E-state index contributed by atoms with van der Waals surface area (Å²) in [4.78, 5) is 2.19. The maximum atomic E-state index is 12.9. The zero-order valence-electron chi connectivity index (χ0n) is 13.6. The fraction of sp³-hybridized carbons (Fsp3) is 0.211. The van der Waals surface area contributed by atoms with Crippen molar-refractivity contribution in [2.24, 2.45) is 0 Å². The van der Waals surface area contributed by atoms with Gasteiger partial charge in [0.25, 0.3) is 11.0 Å². The smallest absolute Gasteiger partial charge is 0.369 e. The van der Waals surface area contributed by atoms with Crippen LogP contribution in [0.3, 0.4) is 0 Å². The van der Waals surface area contributed by atoms with E-state index in [1.165, 1.54) is 0 Å². The van der Waals surface area contributed by atoms with Crippen molar-refractivity contribution in [3.8, 4) is 17.3 Å². The van der Waals surface area contributed by atoms with Gasteiger partial charge in [0.2, 0.25) is 0 Å². The lowest BCUT2D eigenvalue weighted by molar-refractivity contribution is -0.622. The molecule has 6 nitrogen and oxygen atoms in total. The standard InChI is InChI=1S/C19H16N4O2/c20-13-18-19(14-6-2-1-3-7-14)23(25)16-9-8-15(12-17(16)22(18)24)21-10-4-5-11-21/h1-3,6-9,12H,4-5,10-11H2. The van der Waals surface area contributed by atoms with Gasteiger partial charge in [-0.05, 0) is 31.0 Å². The molecule has 3 aromatic rings. The van der Waals surface area contributed by atoms with Crippen LogP contribution < -0.4 is 14.4 Å². The summed E-state index contributed by atoms with van der Waals surface area (Å²) in [5.74, 6) is 0. The first-order valence-corrected chi connectivity index (χ1v) is 8.24. The summed E-state index contributed by atoms with van der Waals surface area (Å²) in [6.07, 6.45) is 2.24. The molecule has 0 bridgehead atoms. The maximum Gasteiger partial charge on any atom is 0.369 e. The number of nitriles is 1. The summed E-state index contributed by atoms with van der Waals surface area (Å²) in [6.45, 7) is 1.88. The Hall–Kier alpha value is -3.33. The van der Waals surface area contributed by atoms with Crippen molar-refractivity contribution in [3.63, 3.8) is 0 Å². The average Bonchev–Trinajstić information content (AvgIpc) is 3.19. The Morgan fingerprint density at radius 3 is 2.32 bits per heavy atom. The van der Waals surface area contributed by atoms with Gasteiger partial charge in [-0.2, -0.15) is 9.99 Å². The number of hydrogen-bond acceptors (Lipinski definition) is 4. The third-order valence-corrected chi connectivity index (χ3v) is 4.65. The SMILES string of the molecule is N#Cc1c(-c2ccccc2)[n+]([O-])c2ccc(N3CCCC3)cc2[n+]1[O-]. The minimum Gasteiger partial charge on any atom is -0.617 e. The first-order chi connectivity index (χ1) is 12.2. The topological polar surface area (TPSA) is 80.9 Å². The lowest BCUT2D eigenvalue weighted by Gasteiger charge is -2.17. The van der Waals surface area contributed by atoms with Gasteiger partial charge in [0.15, 0.2) is 6.07 Å². The second kappa shape index (κ2) is 5.95. The fourth-order valence-electron chi connectivity index (χ4n) is 3.40. The Labute approximate surface area is 144 Å². The van der Waals surface area contributed by atoms with Crippen molar-refractivity contribution < 1.29 is 9.46 Å². The highest BCUT2D eigenvalue weighted by Gasteiger charge is 2.30. The van der Waals surface area contributed by atoms with Gasteiger partial charge in [-0.1, -0.05) is 18.2 Å². The fourth-order valence-corrected chi connectivity index (χ4v) is 3.40. The lowest BCUT2D eigenvalue weighted by Crippen LogP contribution is -2.43. The minimum atomic E-state index is -0.188. The number of rotatable bonds is 2. The molecule has 2 aromatic carbocycles. The molecule has 0 aliphatic carbocycles. The Balaban J connectivity index is 1.99. The summed E-state index contributed by atoms with van der Waals surface area (Å²) >= 11 is 0. The molecule has 0 saturated carbocycles. The number of nitrogens with zero attached hydrogens (tertiary/aromatic N) is 4. The summed E-state index contributed by atoms with van der Waals surface area (Å²) in [7, 11) is 0. The maximum absolute atomic E-state index is 12.9. The molecule has 0 atom stereocenters. The van der Waals surface area contributed by atoms with Gasteiger partial charge >= 0.3 is 11.4 Å². The predicted molar refractivity (Wildman–Crippen MR) is 93.5 cm³/mol. The molecule has 1 saturated heterocycles. The summed E-state index contributed by atoms with van der Waals surface area (Å²) in [5.41, 5.74) is 1.83. The van der Waals surface area contributed by atoms with E-state index in [4.69, 9.17) is 0 Å². The molecular weight excluding hydrogens is 316 g/mol. The summed E-state index contributed by atoms with van der Waals surface area (Å²) in [5, 5.41) is 35.2. The third-order valence-electron chi connectivity index (χ3n) is 4.65. The third kappa shape index (κ3) is 2.41. The van der Waals surface area contributed by atoms with Crippen molar-refractivity contribution in [1.29, 1.82) is 5.26 Å². The van der Waals surface area contributed by atoms with Crippen LogP contribution in [0, 0.1) is 21.7 Å². The van der Waals surface area contributed by atoms with Crippen LogP contribution in [0.25, 0.3) is 22.3 Å². The molecule has 0 N–H and O–H groups in total. The van der Waals surface area contributed by atoms with Crippen LogP contribution in [0.2, 0.25) is 0 Å². The van der Waals surface area contributed by atoms with Gasteiger partial charge in [0, 0.05) is 30.9 Å². The van der Waals surface area contributed by atoms with Crippen LogP contribution in [0.15, 0.2) is 48.5 Å². The summed E-state index contributed by atoms with van der Waals surface area (Å²) in [6, 6.07) is 15.9. The molecule has 0 unspecified atom stereocenters. The van der Waals surface area contributed by atoms with E-state index in [2.05, 4.69) is 4.90 Å². The van der Waals surface area contributed by atoms with Gasteiger partial charge in [0.1, 0.15) is 0 Å². The van der Waals surface area contributed by atoms with Crippen molar-refractivity contribution >= 4 is 16.7 Å². The van der Waals surface area contributed by atoms with Crippen LogP contribution in [0.5, 0.6) is 0 Å². The van der Waals surface area contributed by atoms with Crippen molar-refractivity contribution in [3.05, 3.63) is 64.6 Å². The highest BCUT2D eigenvalue weighted by atomic mass is 16.5. The van der Waals surface area contributed by atoms with Crippen LogP contribution >= 0.6 is 0 Å². The van der Waals surface area contributed by atoms with E-state index in [9.17, 15) is 15.7 Å². The zero-order valence-corrected chi connectivity index (χ0v) is 13.6. The molecule has 0 radical (unpaired) electrons. The van der Waals surface area contributed by atoms with E-state index >= 15 is 0 Å².